The second-order valence-electron chi connectivity index (χ2n) is 4.40. The summed E-state index contributed by atoms with van der Waals surface area (Å²) in [5, 5.41) is 26.9. The van der Waals surface area contributed by atoms with E-state index in [2.05, 4.69) is 0 Å². The largest absolute Gasteiger partial charge is 0.478 e. The molecule has 4 nitrogen and oxygen atoms in total. The van der Waals surface area contributed by atoms with Gasteiger partial charge in [0.1, 0.15) is 0 Å². The first-order valence-electron chi connectivity index (χ1n) is 6.05. The minimum Gasteiger partial charge on any atom is -0.478 e. The molecule has 1 saturated carbocycles. The second kappa shape index (κ2) is 7.25. The van der Waals surface area contributed by atoms with Crippen molar-refractivity contribution >= 4 is 5.97 Å². The fraction of sp³-hybridized carbons (Fsp3) is 0.615. The number of carbonyl (C=O) groups is 1. The number of aliphatic hydroxyl groups is 2. The van der Waals surface area contributed by atoms with Crippen molar-refractivity contribution in [3.63, 3.8) is 0 Å². The van der Waals surface area contributed by atoms with Gasteiger partial charge in [-0.05, 0) is 38.2 Å². The molecule has 0 heterocycles. The minimum absolute atomic E-state index is 0.169. The summed E-state index contributed by atoms with van der Waals surface area (Å²) in [7, 11) is 0. The average molecular weight is 240 g/mol. The lowest BCUT2D eigenvalue weighted by molar-refractivity contribution is -0.132. The SMILES string of the molecule is O=C(O)C(C=C1CCCCC1)=CCC(O)CO. The van der Waals surface area contributed by atoms with Crippen molar-refractivity contribution < 1.29 is 20.1 Å². The molecule has 1 aliphatic carbocycles. The van der Waals surface area contributed by atoms with Crippen LogP contribution in [0.3, 0.4) is 0 Å². The third kappa shape index (κ3) is 5.15. The molecule has 0 amide bonds. The summed E-state index contributed by atoms with van der Waals surface area (Å²) >= 11 is 0. The first-order chi connectivity index (χ1) is 8.13. The minimum atomic E-state index is -0.979. The Bertz CT molecular complexity index is 309. The van der Waals surface area contributed by atoms with E-state index < -0.39 is 12.1 Å². The smallest absolute Gasteiger partial charge is 0.335 e. The number of rotatable bonds is 5. The number of carboxylic acid groups (broad SMARTS) is 1. The van der Waals surface area contributed by atoms with Crippen LogP contribution in [0.4, 0.5) is 0 Å². The quantitative estimate of drug-likeness (QED) is 0.638. The van der Waals surface area contributed by atoms with E-state index in [0.717, 1.165) is 25.7 Å². The molecule has 1 rings (SSSR count). The van der Waals surface area contributed by atoms with Crippen molar-refractivity contribution in [2.75, 3.05) is 6.61 Å². The number of aliphatic carboxylic acids is 1. The van der Waals surface area contributed by atoms with Crippen LogP contribution in [-0.4, -0.2) is 34.0 Å². The molecule has 0 spiro atoms. The summed E-state index contributed by atoms with van der Waals surface area (Å²) in [6, 6.07) is 0. The van der Waals surface area contributed by atoms with Gasteiger partial charge in [0.2, 0.25) is 0 Å². The van der Waals surface area contributed by atoms with Crippen LogP contribution in [0.15, 0.2) is 23.3 Å². The van der Waals surface area contributed by atoms with Gasteiger partial charge in [-0.2, -0.15) is 0 Å². The molecule has 0 aromatic rings. The number of carboxylic acids is 1. The Kier molecular flexibility index (Phi) is 5.94. The van der Waals surface area contributed by atoms with Gasteiger partial charge >= 0.3 is 5.97 Å². The Balaban J connectivity index is 2.68. The number of aliphatic hydroxyl groups excluding tert-OH is 2. The van der Waals surface area contributed by atoms with Crippen molar-refractivity contribution in [1.82, 2.24) is 0 Å². The molecule has 17 heavy (non-hydrogen) atoms. The van der Waals surface area contributed by atoms with Crippen molar-refractivity contribution in [3.05, 3.63) is 23.3 Å². The van der Waals surface area contributed by atoms with Gasteiger partial charge in [-0.1, -0.05) is 18.1 Å². The highest BCUT2D eigenvalue weighted by molar-refractivity contribution is 5.89. The summed E-state index contributed by atoms with van der Waals surface area (Å²) in [6.45, 7) is -0.347. The van der Waals surface area contributed by atoms with Crippen molar-refractivity contribution in [2.24, 2.45) is 0 Å². The Morgan fingerprint density at radius 1 is 1.29 bits per heavy atom. The summed E-state index contributed by atoms with van der Waals surface area (Å²) in [6.07, 6.45) is 7.87. The van der Waals surface area contributed by atoms with Crippen LogP contribution in [0.5, 0.6) is 0 Å². The van der Waals surface area contributed by atoms with Crippen LogP contribution >= 0.6 is 0 Å². The van der Waals surface area contributed by atoms with Gasteiger partial charge in [0.25, 0.3) is 0 Å². The van der Waals surface area contributed by atoms with E-state index in [1.807, 2.05) is 0 Å². The molecule has 1 fully saturated rings. The zero-order valence-corrected chi connectivity index (χ0v) is 9.93. The lowest BCUT2D eigenvalue weighted by Gasteiger charge is -2.13. The maximum absolute atomic E-state index is 11.0. The highest BCUT2D eigenvalue weighted by atomic mass is 16.4. The van der Waals surface area contributed by atoms with E-state index >= 15 is 0 Å². The number of hydrogen-bond acceptors (Lipinski definition) is 3. The molecule has 0 aromatic carbocycles. The molecule has 0 aliphatic heterocycles. The molecular weight excluding hydrogens is 220 g/mol. The summed E-state index contributed by atoms with van der Waals surface area (Å²) < 4.78 is 0. The third-order valence-corrected chi connectivity index (χ3v) is 2.92. The fourth-order valence-corrected chi connectivity index (χ4v) is 1.92. The highest BCUT2D eigenvalue weighted by Gasteiger charge is 2.10. The molecule has 96 valence electrons. The molecule has 1 aliphatic rings. The first-order valence-corrected chi connectivity index (χ1v) is 6.05. The van der Waals surface area contributed by atoms with Gasteiger partial charge in [-0.3, -0.25) is 0 Å². The Labute approximate surface area is 101 Å². The van der Waals surface area contributed by atoms with E-state index in [-0.39, 0.29) is 18.6 Å². The summed E-state index contributed by atoms with van der Waals surface area (Å²) in [5.41, 5.74) is 1.39. The molecule has 1 unspecified atom stereocenters. The predicted octanol–water partition coefficient (Wildman–Crippen LogP) is 1.63. The van der Waals surface area contributed by atoms with Gasteiger partial charge in [0, 0.05) is 0 Å². The van der Waals surface area contributed by atoms with Crippen LogP contribution < -0.4 is 0 Å². The summed E-state index contributed by atoms with van der Waals surface area (Å²) in [4.78, 5) is 11.0. The molecular formula is C13H20O4. The maximum Gasteiger partial charge on any atom is 0.335 e. The molecule has 0 aromatic heterocycles. The van der Waals surface area contributed by atoms with Crippen molar-refractivity contribution in [3.8, 4) is 0 Å². The normalized spacial score (nSPS) is 18.9. The van der Waals surface area contributed by atoms with E-state index in [1.165, 1.54) is 18.1 Å². The Morgan fingerprint density at radius 3 is 2.47 bits per heavy atom. The molecule has 1 atom stereocenters. The number of allylic oxidation sites excluding steroid dienone is 1. The van der Waals surface area contributed by atoms with Crippen LogP contribution in [0.1, 0.15) is 38.5 Å². The van der Waals surface area contributed by atoms with E-state index in [1.54, 1.807) is 6.08 Å². The average Bonchev–Trinajstić information content (AvgIpc) is 2.34. The standard InChI is InChI=1S/C13H20O4/c14-9-12(15)7-6-11(13(16)17)8-10-4-2-1-3-5-10/h6,8,12,14-15H,1-5,7,9H2,(H,16,17). The van der Waals surface area contributed by atoms with Gasteiger partial charge in [0.05, 0.1) is 18.3 Å². The summed E-state index contributed by atoms with van der Waals surface area (Å²) in [5.74, 6) is -0.979. The Morgan fingerprint density at radius 2 is 1.94 bits per heavy atom. The van der Waals surface area contributed by atoms with Crippen molar-refractivity contribution in [1.29, 1.82) is 0 Å². The number of hydrogen-bond donors (Lipinski definition) is 3. The van der Waals surface area contributed by atoms with Crippen LogP contribution in [0.2, 0.25) is 0 Å². The van der Waals surface area contributed by atoms with Gasteiger partial charge in [0.15, 0.2) is 0 Å². The van der Waals surface area contributed by atoms with E-state index in [0.29, 0.717) is 0 Å². The molecule has 3 N–H and O–H groups in total. The zero-order valence-electron chi connectivity index (χ0n) is 9.93. The second-order valence-corrected chi connectivity index (χ2v) is 4.40. The van der Waals surface area contributed by atoms with Crippen molar-refractivity contribution in [2.45, 2.75) is 44.6 Å². The predicted molar refractivity (Wildman–Crippen MR) is 64.6 cm³/mol. The van der Waals surface area contributed by atoms with Crippen LogP contribution in [0, 0.1) is 0 Å². The molecule has 0 bridgehead atoms. The lowest BCUT2D eigenvalue weighted by atomic mass is 9.93. The monoisotopic (exact) mass is 240 g/mol. The molecule has 0 saturated heterocycles. The molecule has 0 radical (unpaired) electrons. The Hall–Kier alpha value is -1.13. The van der Waals surface area contributed by atoms with E-state index in [4.69, 9.17) is 10.2 Å². The fourth-order valence-electron chi connectivity index (χ4n) is 1.92. The molecule has 4 heteroatoms. The zero-order chi connectivity index (χ0) is 12.7. The highest BCUT2D eigenvalue weighted by Crippen LogP contribution is 2.24. The maximum atomic E-state index is 11.0. The van der Waals surface area contributed by atoms with Crippen LogP contribution in [-0.2, 0) is 4.79 Å². The topological polar surface area (TPSA) is 77.8 Å². The third-order valence-electron chi connectivity index (χ3n) is 2.92. The first kappa shape index (κ1) is 13.9. The van der Waals surface area contributed by atoms with Crippen LogP contribution in [0.25, 0.3) is 0 Å². The van der Waals surface area contributed by atoms with Gasteiger partial charge < -0.3 is 15.3 Å². The van der Waals surface area contributed by atoms with Gasteiger partial charge in [-0.25, -0.2) is 4.79 Å². The lowest BCUT2D eigenvalue weighted by Crippen LogP contribution is -2.11. The van der Waals surface area contributed by atoms with Gasteiger partial charge in [-0.15, -0.1) is 0 Å². The van der Waals surface area contributed by atoms with E-state index in [9.17, 15) is 9.90 Å².